The van der Waals surface area contributed by atoms with Crippen molar-refractivity contribution in [2.75, 3.05) is 0 Å². The molecule has 0 atom stereocenters. The maximum absolute atomic E-state index is 12.4. The second-order valence-electron chi connectivity index (χ2n) is 4.46. The molecule has 108 valence electrons. The highest BCUT2D eigenvalue weighted by atomic mass is 19.4. The van der Waals surface area contributed by atoms with Crippen LogP contribution < -0.4 is 5.32 Å². The Morgan fingerprint density at radius 1 is 1.20 bits per heavy atom. The van der Waals surface area contributed by atoms with Crippen molar-refractivity contribution in [2.45, 2.75) is 38.4 Å². The van der Waals surface area contributed by atoms with E-state index in [1.807, 2.05) is 13.8 Å². The predicted octanol–water partition coefficient (Wildman–Crippen LogP) is 3.63. The summed E-state index contributed by atoms with van der Waals surface area (Å²) in [7, 11) is 0. The van der Waals surface area contributed by atoms with Crippen LogP contribution in [0.1, 0.15) is 42.6 Å². The summed E-state index contributed by atoms with van der Waals surface area (Å²) in [6.07, 6.45) is 2.11. The largest absolute Gasteiger partial charge is 0.416 e. The third kappa shape index (κ3) is 3.53. The minimum Gasteiger partial charge on any atom is -0.336 e. The number of hydrogen-bond acceptors (Lipinski definition) is 1. The van der Waals surface area contributed by atoms with E-state index in [0.29, 0.717) is 12.8 Å². The van der Waals surface area contributed by atoms with Crippen LogP contribution in [0.2, 0.25) is 0 Å². The van der Waals surface area contributed by atoms with E-state index in [-0.39, 0.29) is 5.56 Å². The number of amides is 1. The number of rotatable bonds is 4. The quantitative estimate of drug-likeness (QED) is 0.840. The molecule has 0 aliphatic heterocycles. The number of halogens is 3. The molecular formula is C15H16F3NO. The third-order valence-corrected chi connectivity index (χ3v) is 3.31. The molecule has 0 unspecified atom stereocenters. The lowest BCUT2D eigenvalue weighted by molar-refractivity contribution is -0.137. The first-order valence-corrected chi connectivity index (χ1v) is 6.25. The van der Waals surface area contributed by atoms with Gasteiger partial charge in [0.05, 0.1) is 5.56 Å². The molecule has 1 rings (SSSR count). The van der Waals surface area contributed by atoms with Crippen LogP contribution in [0, 0.1) is 12.3 Å². The summed E-state index contributed by atoms with van der Waals surface area (Å²) < 4.78 is 37.3. The summed E-state index contributed by atoms with van der Waals surface area (Å²) in [5, 5.41) is 2.70. The van der Waals surface area contributed by atoms with Crippen LogP contribution >= 0.6 is 0 Å². The highest BCUT2D eigenvalue weighted by Crippen LogP contribution is 2.29. The third-order valence-electron chi connectivity index (χ3n) is 3.31. The van der Waals surface area contributed by atoms with Crippen molar-refractivity contribution in [1.29, 1.82) is 0 Å². The van der Waals surface area contributed by atoms with Gasteiger partial charge < -0.3 is 5.32 Å². The molecule has 1 amide bonds. The Balaban J connectivity index is 2.92. The molecule has 20 heavy (non-hydrogen) atoms. The predicted molar refractivity (Wildman–Crippen MR) is 71.1 cm³/mol. The van der Waals surface area contributed by atoms with Crippen LogP contribution in [0.25, 0.3) is 0 Å². The number of nitrogens with one attached hydrogen (secondary N) is 1. The van der Waals surface area contributed by atoms with E-state index in [4.69, 9.17) is 6.42 Å². The lowest BCUT2D eigenvalue weighted by atomic mass is 9.93. The Morgan fingerprint density at radius 2 is 1.70 bits per heavy atom. The van der Waals surface area contributed by atoms with Crippen molar-refractivity contribution in [3.05, 3.63) is 35.4 Å². The van der Waals surface area contributed by atoms with Gasteiger partial charge in [-0.05, 0) is 37.1 Å². The molecule has 0 saturated heterocycles. The van der Waals surface area contributed by atoms with Gasteiger partial charge in [0.2, 0.25) is 0 Å². The molecule has 1 N–H and O–H groups in total. The average Bonchev–Trinajstić information content (AvgIpc) is 2.44. The average molecular weight is 283 g/mol. The molecule has 0 heterocycles. The molecular weight excluding hydrogens is 267 g/mol. The molecule has 1 aromatic carbocycles. The normalized spacial score (nSPS) is 11.8. The maximum Gasteiger partial charge on any atom is 0.416 e. The molecule has 1 aromatic rings. The lowest BCUT2D eigenvalue weighted by Gasteiger charge is -2.27. The molecule has 0 saturated carbocycles. The van der Waals surface area contributed by atoms with Crippen LogP contribution in [-0.2, 0) is 6.18 Å². The van der Waals surface area contributed by atoms with Crippen molar-refractivity contribution >= 4 is 5.91 Å². The number of carbonyl (C=O) groups is 1. The van der Waals surface area contributed by atoms with Crippen LogP contribution in [0.3, 0.4) is 0 Å². The van der Waals surface area contributed by atoms with Gasteiger partial charge in [0.1, 0.15) is 5.54 Å². The van der Waals surface area contributed by atoms with Crippen LogP contribution in [0.5, 0.6) is 0 Å². The van der Waals surface area contributed by atoms with Crippen molar-refractivity contribution in [2.24, 2.45) is 0 Å². The zero-order valence-corrected chi connectivity index (χ0v) is 11.3. The van der Waals surface area contributed by atoms with E-state index < -0.39 is 23.2 Å². The van der Waals surface area contributed by atoms with Crippen LogP contribution in [0.4, 0.5) is 13.2 Å². The Labute approximate surface area is 116 Å². The fraction of sp³-hybridized carbons (Fsp3) is 0.400. The Bertz CT molecular complexity index is 507. The van der Waals surface area contributed by atoms with Crippen LogP contribution in [-0.4, -0.2) is 11.4 Å². The van der Waals surface area contributed by atoms with Gasteiger partial charge in [-0.3, -0.25) is 4.79 Å². The minimum absolute atomic E-state index is 0.152. The van der Waals surface area contributed by atoms with Gasteiger partial charge in [0.25, 0.3) is 5.91 Å². The SMILES string of the molecule is C#CC(CC)(CC)NC(=O)c1ccc(C(F)(F)F)cc1. The highest BCUT2D eigenvalue weighted by Gasteiger charge is 2.31. The summed E-state index contributed by atoms with van der Waals surface area (Å²) in [6.45, 7) is 3.69. The number of benzene rings is 1. The van der Waals surface area contributed by atoms with E-state index in [1.165, 1.54) is 0 Å². The molecule has 0 radical (unpaired) electrons. The van der Waals surface area contributed by atoms with Gasteiger partial charge in [-0.1, -0.05) is 19.8 Å². The number of alkyl halides is 3. The lowest BCUT2D eigenvalue weighted by Crippen LogP contribution is -2.46. The fourth-order valence-electron chi connectivity index (χ4n) is 1.77. The minimum atomic E-state index is -4.41. The van der Waals surface area contributed by atoms with E-state index in [9.17, 15) is 18.0 Å². The Hall–Kier alpha value is -1.96. The van der Waals surface area contributed by atoms with Gasteiger partial charge in [-0.25, -0.2) is 0 Å². The zero-order valence-electron chi connectivity index (χ0n) is 11.3. The number of terminal acetylenes is 1. The topological polar surface area (TPSA) is 29.1 Å². The van der Waals surface area contributed by atoms with Gasteiger partial charge in [0.15, 0.2) is 0 Å². The van der Waals surface area contributed by atoms with E-state index in [2.05, 4.69) is 11.2 Å². The fourth-order valence-corrected chi connectivity index (χ4v) is 1.77. The second-order valence-corrected chi connectivity index (χ2v) is 4.46. The first-order chi connectivity index (χ1) is 9.28. The summed E-state index contributed by atoms with van der Waals surface area (Å²) >= 11 is 0. The standard InChI is InChI=1S/C15H16F3NO/c1-4-14(5-2,6-3)19-13(20)11-7-9-12(10-8-11)15(16,17)18/h1,7-10H,5-6H2,2-3H3,(H,19,20). The van der Waals surface area contributed by atoms with Crippen molar-refractivity contribution in [3.8, 4) is 12.3 Å². The molecule has 2 nitrogen and oxygen atoms in total. The van der Waals surface area contributed by atoms with Gasteiger partial charge >= 0.3 is 6.18 Å². The van der Waals surface area contributed by atoms with E-state index in [1.54, 1.807) is 0 Å². The van der Waals surface area contributed by atoms with Gasteiger partial charge in [-0.15, -0.1) is 6.42 Å². The number of carbonyl (C=O) groups excluding carboxylic acids is 1. The summed E-state index contributed by atoms with van der Waals surface area (Å²) in [5.74, 6) is 2.07. The molecule has 0 bridgehead atoms. The maximum atomic E-state index is 12.4. The highest BCUT2D eigenvalue weighted by molar-refractivity contribution is 5.95. The molecule has 0 spiro atoms. The Kier molecular flexibility index (Phi) is 4.83. The summed E-state index contributed by atoms with van der Waals surface area (Å²) in [5.41, 5.74) is -1.40. The van der Waals surface area contributed by atoms with Crippen molar-refractivity contribution in [3.63, 3.8) is 0 Å². The van der Waals surface area contributed by atoms with Crippen molar-refractivity contribution in [1.82, 2.24) is 5.32 Å². The second kappa shape index (κ2) is 6.00. The van der Waals surface area contributed by atoms with Crippen LogP contribution in [0.15, 0.2) is 24.3 Å². The van der Waals surface area contributed by atoms with Gasteiger partial charge in [-0.2, -0.15) is 13.2 Å². The first-order valence-electron chi connectivity index (χ1n) is 6.25. The zero-order chi connectivity index (χ0) is 15.4. The molecule has 0 aromatic heterocycles. The van der Waals surface area contributed by atoms with Gasteiger partial charge in [0, 0.05) is 5.56 Å². The summed E-state index contributed by atoms with van der Waals surface area (Å²) in [4.78, 5) is 12.0. The molecule has 5 heteroatoms. The summed E-state index contributed by atoms with van der Waals surface area (Å²) in [6, 6.07) is 4.05. The Morgan fingerprint density at radius 3 is 2.05 bits per heavy atom. The molecule has 0 aliphatic rings. The van der Waals surface area contributed by atoms with E-state index >= 15 is 0 Å². The monoisotopic (exact) mass is 283 g/mol. The molecule has 0 fully saturated rings. The van der Waals surface area contributed by atoms with E-state index in [0.717, 1.165) is 24.3 Å². The smallest absolute Gasteiger partial charge is 0.336 e. The number of hydrogen-bond donors (Lipinski definition) is 1. The first kappa shape index (κ1) is 16.1. The molecule has 0 aliphatic carbocycles. The van der Waals surface area contributed by atoms with Crippen molar-refractivity contribution < 1.29 is 18.0 Å².